The first kappa shape index (κ1) is 11.6. The van der Waals surface area contributed by atoms with E-state index in [9.17, 15) is 4.39 Å². The Kier molecular flexibility index (Phi) is 3.03. The van der Waals surface area contributed by atoms with Crippen LogP contribution in [-0.2, 0) is 6.61 Å². The summed E-state index contributed by atoms with van der Waals surface area (Å²) in [7, 11) is 0. The fourth-order valence-electron chi connectivity index (χ4n) is 1.55. The van der Waals surface area contributed by atoms with Crippen molar-refractivity contribution >= 4 is 15.9 Å². The molecule has 0 radical (unpaired) electrons. The van der Waals surface area contributed by atoms with Crippen LogP contribution in [0.5, 0.6) is 5.75 Å². The zero-order chi connectivity index (χ0) is 12.5. The van der Waals surface area contributed by atoms with E-state index in [4.69, 9.17) is 9.15 Å². The Bertz CT molecular complexity index is 569. The van der Waals surface area contributed by atoms with E-state index in [1.807, 2.05) is 0 Å². The van der Waals surface area contributed by atoms with Gasteiger partial charge in [0, 0.05) is 10.4 Å². The summed E-state index contributed by atoms with van der Waals surface area (Å²) in [5, 5.41) is 7.80. The number of aromatic nitrogens is 2. The number of rotatable bonds is 4. The minimum atomic E-state index is -0.425. The van der Waals surface area contributed by atoms with Crippen molar-refractivity contribution in [1.82, 2.24) is 10.2 Å². The smallest absolute Gasteiger partial charge is 0.253 e. The zero-order valence-electron chi connectivity index (χ0n) is 9.40. The van der Waals surface area contributed by atoms with Gasteiger partial charge in [0.05, 0.1) is 0 Å². The first-order chi connectivity index (χ1) is 8.72. The van der Waals surface area contributed by atoms with Gasteiger partial charge in [0.25, 0.3) is 5.89 Å². The lowest BCUT2D eigenvalue weighted by Crippen LogP contribution is -1.97. The molecule has 1 aliphatic carbocycles. The standard InChI is InChI=1S/C12H10BrFN2O2/c13-8-3-4-10(9(14)5-8)17-6-11-15-16-12(18-11)7-1-2-7/h3-5,7H,1-2,6H2. The highest BCUT2D eigenvalue weighted by Crippen LogP contribution is 2.39. The van der Waals surface area contributed by atoms with Crippen LogP contribution in [0.1, 0.15) is 30.5 Å². The Labute approximate surface area is 111 Å². The summed E-state index contributed by atoms with van der Waals surface area (Å²) in [5.74, 6) is 1.19. The van der Waals surface area contributed by atoms with Crippen LogP contribution < -0.4 is 4.74 Å². The van der Waals surface area contributed by atoms with Crippen molar-refractivity contribution in [1.29, 1.82) is 0 Å². The SMILES string of the molecule is Fc1cc(Br)ccc1OCc1nnc(C2CC2)o1. The molecule has 0 atom stereocenters. The molecule has 0 spiro atoms. The lowest BCUT2D eigenvalue weighted by Gasteiger charge is -2.04. The van der Waals surface area contributed by atoms with Gasteiger partial charge in [-0.2, -0.15) is 0 Å². The maximum absolute atomic E-state index is 13.5. The van der Waals surface area contributed by atoms with E-state index in [1.165, 1.54) is 6.07 Å². The normalized spacial score (nSPS) is 14.8. The molecule has 1 aliphatic rings. The van der Waals surface area contributed by atoms with Gasteiger partial charge in [-0.25, -0.2) is 4.39 Å². The third-order valence-electron chi connectivity index (χ3n) is 2.65. The lowest BCUT2D eigenvalue weighted by atomic mass is 10.3. The topological polar surface area (TPSA) is 48.2 Å². The molecule has 2 aromatic rings. The number of hydrogen-bond donors (Lipinski definition) is 0. The molecule has 1 saturated carbocycles. The predicted molar refractivity (Wildman–Crippen MR) is 64.7 cm³/mol. The van der Waals surface area contributed by atoms with Gasteiger partial charge in [0.15, 0.2) is 18.2 Å². The molecule has 0 amide bonds. The quantitative estimate of drug-likeness (QED) is 0.868. The van der Waals surface area contributed by atoms with E-state index in [0.717, 1.165) is 12.8 Å². The maximum Gasteiger partial charge on any atom is 0.253 e. The Hall–Kier alpha value is -1.43. The van der Waals surface area contributed by atoms with E-state index in [1.54, 1.807) is 12.1 Å². The van der Waals surface area contributed by atoms with Crippen molar-refractivity contribution in [3.8, 4) is 5.75 Å². The van der Waals surface area contributed by atoms with Crippen molar-refractivity contribution < 1.29 is 13.5 Å². The van der Waals surface area contributed by atoms with Crippen LogP contribution in [-0.4, -0.2) is 10.2 Å². The average Bonchev–Trinajstić information content (AvgIpc) is 3.08. The highest BCUT2D eigenvalue weighted by molar-refractivity contribution is 9.10. The van der Waals surface area contributed by atoms with Crippen LogP contribution in [0.25, 0.3) is 0 Å². The van der Waals surface area contributed by atoms with Crippen molar-refractivity contribution in [2.24, 2.45) is 0 Å². The van der Waals surface area contributed by atoms with Crippen LogP contribution in [0.4, 0.5) is 4.39 Å². The zero-order valence-corrected chi connectivity index (χ0v) is 11.0. The minimum absolute atomic E-state index is 0.0816. The maximum atomic E-state index is 13.5. The molecule has 0 saturated heterocycles. The highest BCUT2D eigenvalue weighted by Gasteiger charge is 2.29. The summed E-state index contributed by atoms with van der Waals surface area (Å²) < 4.78 is 24.9. The van der Waals surface area contributed by atoms with E-state index in [-0.39, 0.29) is 12.4 Å². The summed E-state index contributed by atoms with van der Waals surface area (Å²) in [6, 6.07) is 4.61. The third kappa shape index (κ3) is 2.53. The van der Waals surface area contributed by atoms with E-state index in [0.29, 0.717) is 22.2 Å². The molecule has 3 rings (SSSR count). The summed E-state index contributed by atoms with van der Waals surface area (Å²) in [6.07, 6.45) is 2.20. The van der Waals surface area contributed by atoms with Gasteiger partial charge in [0.1, 0.15) is 0 Å². The second-order valence-electron chi connectivity index (χ2n) is 4.17. The van der Waals surface area contributed by atoms with Crippen LogP contribution in [0.3, 0.4) is 0 Å². The van der Waals surface area contributed by atoms with E-state index < -0.39 is 5.82 Å². The Balaban J connectivity index is 1.65. The molecular formula is C12H10BrFN2O2. The molecule has 1 heterocycles. The van der Waals surface area contributed by atoms with Crippen LogP contribution in [0.15, 0.2) is 27.1 Å². The van der Waals surface area contributed by atoms with Gasteiger partial charge >= 0.3 is 0 Å². The summed E-state index contributed by atoms with van der Waals surface area (Å²) in [6.45, 7) is 0.0816. The number of ether oxygens (including phenoxy) is 1. The van der Waals surface area contributed by atoms with Gasteiger partial charge in [0.2, 0.25) is 5.89 Å². The summed E-state index contributed by atoms with van der Waals surface area (Å²) in [5.41, 5.74) is 0. The minimum Gasteiger partial charge on any atom is -0.481 e. The predicted octanol–water partition coefficient (Wildman–Crippen LogP) is 3.43. The lowest BCUT2D eigenvalue weighted by molar-refractivity contribution is 0.248. The van der Waals surface area contributed by atoms with Crippen LogP contribution >= 0.6 is 15.9 Å². The van der Waals surface area contributed by atoms with Crippen LogP contribution in [0, 0.1) is 5.82 Å². The number of halogens is 2. The number of hydrogen-bond acceptors (Lipinski definition) is 4. The molecular weight excluding hydrogens is 303 g/mol. The van der Waals surface area contributed by atoms with Gasteiger partial charge < -0.3 is 9.15 Å². The molecule has 1 aromatic heterocycles. The van der Waals surface area contributed by atoms with Crippen molar-refractivity contribution in [2.75, 3.05) is 0 Å². The molecule has 4 nitrogen and oxygen atoms in total. The summed E-state index contributed by atoms with van der Waals surface area (Å²) in [4.78, 5) is 0. The Morgan fingerprint density at radius 2 is 2.22 bits per heavy atom. The highest BCUT2D eigenvalue weighted by atomic mass is 79.9. The second-order valence-corrected chi connectivity index (χ2v) is 5.09. The van der Waals surface area contributed by atoms with Gasteiger partial charge in [-0.05, 0) is 31.0 Å². The molecule has 1 aromatic carbocycles. The molecule has 0 aliphatic heterocycles. The average molecular weight is 313 g/mol. The van der Waals surface area contributed by atoms with E-state index in [2.05, 4.69) is 26.1 Å². The van der Waals surface area contributed by atoms with Crippen molar-refractivity contribution in [3.05, 3.63) is 40.3 Å². The largest absolute Gasteiger partial charge is 0.481 e. The number of benzene rings is 1. The molecule has 0 N–H and O–H groups in total. The van der Waals surface area contributed by atoms with E-state index >= 15 is 0 Å². The molecule has 94 valence electrons. The Morgan fingerprint density at radius 1 is 1.39 bits per heavy atom. The summed E-state index contributed by atoms with van der Waals surface area (Å²) >= 11 is 3.18. The monoisotopic (exact) mass is 312 g/mol. The fourth-order valence-corrected chi connectivity index (χ4v) is 1.89. The molecule has 1 fully saturated rings. The molecule has 18 heavy (non-hydrogen) atoms. The van der Waals surface area contributed by atoms with Crippen molar-refractivity contribution in [2.45, 2.75) is 25.4 Å². The second kappa shape index (κ2) is 4.68. The van der Waals surface area contributed by atoms with Gasteiger partial charge in [-0.15, -0.1) is 10.2 Å². The van der Waals surface area contributed by atoms with Gasteiger partial charge in [-0.1, -0.05) is 15.9 Å². The first-order valence-electron chi connectivity index (χ1n) is 5.62. The van der Waals surface area contributed by atoms with Gasteiger partial charge in [-0.3, -0.25) is 0 Å². The third-order valence-corrected chi connectivity index (χ3v) is 3.15. The number of nitrogens with zero attached hydrogens (tertiary/aromatic N) is 2. The van der Waals surface area contributed by atoms with Crippen LogP contribution in [0.2, 0.25) is 0 Å². The molecule has 0 unspecified atom stereocenters. The first-order valence-corrected chi connectivity index (χ1v) is 6.42. The molecule has 0 bridgehead atoms. The van der Waals surface area contributed by atoms with Crippen molar-refractivity contribution in [3.63, 3.8) is 0 Å². The fraction of sp³-hybridized carbons (Fsp3) is 0.333. The molecule has 6 heteroatoms. The Morgan fingerprint density at radius 3 is 2.94 bits per heavy atom.